The first-order valence-electron chi connectivity index (χ1n) is 8.89. The van der Waals surface area contributed by atoms with E-state index in [1.165, 1.54) is 16.7 Å². The summed E-state index contributed by atoms with van der Waals surface area (Å²) in [5.41, 5.74) is 10.4. The third kappa shape index (κ3) is 2.95. The van der Waals surface area contributed by atoms with Crippen LogP contribution in [-0.2, 0) is 11.2 Å². The SMILES string of the molecule is Cc1c(-c2ccc(N3CCC(C(N)=O)CC3)nc2)ccc2c1CCO2. The molecule has 1 amide bonds. The zero-order valence-corrected chi connectivity index (χ0v) is 14.5. The number of amides is 1. The molecule has 3 heterocycles. The summed E-state index contributed by atoms with van der Waals surface area (Å²) >= 11 is 0. The standard InChI is InChI=1S/C20H23N3O2/c1-13-16(3-4-18-17(13)8-11-25-18)15-2-5-19(22-12-15)23-9-6-14(7-10-23)20(21)24/h2-5,12,14H,6-11H2,1H3,(H2,21,24). The molecule has 2 aliphatic heterocycles. The Morgan fingerprint density at radius 1 is 1.24 bits per heavy atom. The van der Waals surface area contributed by atoms with Crippen molar-refractivity contribution in [2.75, 3.05) is 24.6 Å². The Labute approximate surface area is 147 Å². The number of nitrogens with two attached hydrogens (primary N) is 1. The number of nitrogens with zero attached hydrogens (tertiary/aromatic N) is 2. The van der Waals surface area contributed by atoms with Gasteiger partial charge < -0.3 is 15.4 Å². The number of hydrogen-bond acceptors (Lipinski definition) is 4. The van der Waals surface area contributed by atoms with Crippen LogP contribution in [0.3, 0.4) is 0 Å². The van der Waals surface area contributed by atoms with Crippen LogP contribution >= 0.6 is 0 Å². The van der Waals surface area contributed by atoms with E-state index in [9.17, 15) is 4.79 Å². The van der Waals surface area contributed by atoms with Gasteiger partial charge in [0.05, 0.1) is 6.61 Å². The van der Waals surface area contributed by atoms with Crippen molar-refractivity contribution >= 4 is 11.7 Å². The lowest BCUT2D eigenvalue weighted by Gasteiger charge is -2.31. The molecular weight excluding hydrogens is 314 g/mol. The van der Waals surface area contributed by atoms with E-state index >= 15 is 0 Å². The van der Waals surface area contributed by atoms with Gasteiger partial charge in [0, 0.05) is 42.8 Å². The molecule has 1 aromatic heterocycles. The zero-order valence-electron chi connectivity index (χ0n) is 14.5. The predicted molar refractivity (Wildman–Crippen MR) is 97.7 cm³/mol. The highest BCUT2D eigenvalue weighted by molar-refractivity contribution is 5.77. The van der Waals surface area contributed by atoms with Gasteiger partial charge in [-0.15, -0.1) is 0 Å². The second-order valence-electron chi connectivity index (χ2n) is 6.88. The monoisotopic (exact) mass is 337 g/mol. The van der Waals surface area contributed by atoms with Crippen LogP contribution in [0.15, 0.2) is 30.5 Å². The molecule has 5 heteroatoms. The number of anilines is 1. The van der Waals surface area contributed by atoms with Gasteiger partial charge in [-0.25, -0.2) is 4.98 Å². The predicted octanol–water partition coefficient (Wildman–Crippen LogP) is 2.69. The second-order valence-corrected chi connectivity index (χ2v) is 6.88. The third-order valence-electron chi connectivity index (χ3n) is 5.45. The number of ether oxygens (including phenoxy) is 1. The van der Waals surface area contributed by atoms with E-state index < -0.39 is 0 Å². The van der Waals surface area contributed by atoms with Crippen LogP contribution in [0.1, 0.15) is 24.0 Å². The first-order chi connectivity index (χ1) is 12.1. The maximum Gasteiger partial charge on any atom is 0.220 e. The van der Waals surface area contributed by atoms with Crippen LogP contribution in [0, 0.1) is 12.8 Å². The molecule has 130 valence electrons. The molecule has 2 aromatic rings. The van der Waals surface area contributed by atoms with Crippen molar-refractivity contribution in [2.45, 2.75) is 26.2 Å². The zero-order chi connectivity index (χ0) is 17.4. The number of primary amides is 1. The van der Waals surface area contributed by atoms with Gasteiger partial charge in [0.2, 0.25) is 5.91 Å². The van der Waals surface area contributed by atoms with Crippen molar-refractivity contribution < 1.29 is 9.53 Å². The number of hydrogen-bond donors (Lipinski definition) is 1. The van der Waals surface area contributed by atoms with E-state index in [4.69, 9.17) is 10.5 Å². The molecule has 4 rings (SSSR count). The van der Waals surface area contributed by atoms with Crippen molar-refractivity contribution in [1.29, 1.82) is 0 Å². The molecule has 0 spiro atoms. The fourth-order valence-electron chi connectivity index (χ4n) is 3.88. The lowest BCUT2D eigenvalue weighted by molar-refractivity contribution is -0.122. The lowest BCUT2D eigenvalue weighted by Crippen LogP contribution is -2.38. The average molecular weight is 337 g/mol. The Hall–Kier alpha value is -2.56. The lowest BCUT2D eigenvalue weighted by atomic mass is 9.95. The largest absolute Gasteiger partial charge is 0.493 e. The average Bonchev–Trinajstić information content (AvgIpc) is 3.12. The molecule has 25 heavy (non-hydrogen) atoms. The van der Waals surface area contributed by atoms with E-state index in [1.807, 2.05) is 6.20 Å². The van der Waals surface area contributed by atoms with E-state index in [-0.39, 0.29) is 11.8 Å². The first-order valence-corrected chi connectivity index (χ1v) is 8.89. The van der Waals surface area contributed by atoms with Gasteiger partial charge in [-0.3, -0.25) is 4.79 Å². The van der Waals surface area contributed by atoms with Crippen molar-refractivity contribution in [1.82, 2.24) is 4.98 Å². The Morgan fingerprint density at radius 2 is 2.04 bits per heavy atom. The van der Waals surface area contributed by atoms with Crippen LogP contribution in [0.25, 0.3) is 11.1 Å². The summed E-state index contributed by atoms with van der Waals surface area (Å²) in [5.74, 6) is 1.81. The molecule has 1 aromatic carbocycles. The minimum Gasteiger partial charge on any atom is -0.493 e. The summed E-state index contributed by atoms with van der Waals surface area (Å²) in [6, 6.07) is 8.39. The number of benzene rings is 1. The molecule has 0 saturated carbocycles. The molecule has 0 unspecified atom stereocenters. The summed E-state index contributed by atoms with van der Waals surface area (Å²) < 4.78 is 5.64. The Bertz CT molecular complexity index is 793. The van der Waals surface area contributed by atoms with Gasteiger partial charge in [0.1, 0.15) is 11.6 Å². The highest BCUT2D eigenvalue weighted by Crippen LogP contribution is 2.35. The number of fused-ring (bicyclic) bond motifs is 1. The Kier molecular flexibility index (Phi) is 4.07. The molecule has 2 N–H and O–H groups in total. The van der Waals surface area contributed by atoms with Crippen LogP contribution in [0.4, 0.5) is 5.82 Å². The van der Waals surface area contributed by atoms with Gasteiger partial charge in [-0.1, -0.05) is 6.07 Å². The van der Waals surface area contributed by atoms with Crippen molar-refractivity contribution in [2.24, 2.45) is 11.7 Å². The number of aromatic nitrogens is 1. The number of carbonyl (C=O) groups is 1. The summed E-state index contributed by atoms with van der Waals surface area (Å²) in [7, 11) is 0. The van der Waals surface area contributed by atoms with Crippen LogP contribution < -0.4 is 15.4 Å². The third-order valence-corrected chi connectivity index (χ3v) is 5.45. The summed E-state index contributed by atoms with van der Waals surface area (Å²) in [5, 5.41) is 0. The molecule has 0 radical (unpaired) electrons. The second kappa shape index (κ2) is 6.39. The first kappa shape index (κ1) is 15.9. The van der Waals surface area contributed by atoms with Gasteiger partial charge in [0.15, 0.2) is 0 Å². The topological polar surface area (TPSA) is 68.5 Å². The van der Waals surface area contributed by atoms with Crippen molar-refractivity contribution in [3.05, 3.63) is 41.6 Å². The van der Waals surface area contributed by atoms with Gasteiger partial charge in [-0.05, 0) is 49.1 Å². The fraction of sp³-hybridized carbons (Fsp3) is 0.400. The highest BCUT2D eigenvalue weighted by atomic mass is 16.5. The van der Waals surface area contributed by atoms with Crippen LogP contribution in [0.2, 0.25) is 0 Å². The molecule has 5 nitrogen and oxygen atoms in total. The minimum absolute atomic E-state index is 0.00630. The minimum atomic E-state index is -0.181. The van der Waals surface area contributed by atoms with Crippen molar-refractivity contribution in [3.8, 4) is 16.9 Å². The molecule has 1 fully saturated rings. The molecular formula is C20H23N3O2. The number of pyridine rings is 1. The fourth-order valence-corrected chi connectivity index (χ4v) is 3.88. The quantitative estimate of drug-likeness (QED) is 0.935. The van der Waals surface area contributed by atoms with E-state index in [1.54, 1.807) is 0 Å². The number of rotatable bonds is 3. The van der Waals surface area contributed by atoms with Gasteiger partial charge in [0.25, 0.3) is 0 Å². The maximum atomic E-state index is 11.3. The highest BCUT2D eigenvalue weighted by Gasteiger charge is 2.24. The van der Waals surface area contributed by atoms with E-state index in [0.29, 0.717) is 0 Å². The van der Waals surface area contributed by atoms with Gasteiger partial charge >= 0.3 is 0 Å². The van der Waals surface area contributed by atoms with E-state index in [2.05, 4.69) is 41.1 Å². The van der Waals surface area contributed by atoms with Crippen LogP contribution in [-0.4, -0.2) is 30.6 Å². The Morgan fingerprint density at radius 3 is 2.72 bits per heavy atom. The molecule has 0 bridgehead atoms. The molecule has 1 saturated heterocycles. The number of carbonyl (C=O) groups excluding carboxylic acids is 1. The van der Waals surface area contributed by atoms with Crippen LogP contribution in [0.5, 0.6) is 5.75 Å². The summed E-state index contributed by atoms with van der Waals surface area (Å²) in [6.07, 6.45) is 4.54. The molecule has 0 aliphatic carbocycles. The molecule has 0 atom stereocenters. The maximum absolute atomic E-state index is 11.3. The Balaban J connectivity index is 1.52. The smallest absolute Gasteiger partial charge is 0.220 e. The summed E-state index contributed by atoms with van der Waals surface area (Å²) in [6.45, 7) is 4.59. The van der Waals surface area contributed by atoms with Gasteiger partial charge in [-0.2, -0.15) is 0 Å². The van der Waals surface area contributed by atoms with E-state index in [0.717, 1.165) is 56.1 Å². The summed E-state index contributed by atoms with van der Waals surface area (Å²) in [4.78, 5) is 18.2. The number of piperidine rings is 1. The van der Waals surface area contributed by atoms with Crippen molar-refractivity contribution in [3.63, 3.8) is 0 Å². The normalized spacial score (nSPS) is 17.2. The molecule has 2 aliphatic rings.